The van der Waals surface area contributed by atoms with Crippen LogP contribution in [0.3, 0.4) is 0 Å². The maximum Gasteiger partial charge on any atom is 0.0729 e. The summed E-state index contributed by atoms with van der Waals surface area (Å²) in [7, 11) is 0. The molecule has 3 unspecified atom stereocenters. The predicted octanol–water partition coefficient (Wildman–Crippen LogP) is 4.15. The largest absolute Gasteiger partial charge is 0.381 e. The third-order valence-electron chi connectivity index (χ3n) is 5.52. The molecular formula is C16H27ClO2. The maximum atomic E-state index is 6.68. The summed E-state index contributed by atoms with van der Waals surface area (Å²) in [5, 5.41) is 0.405. The van der Waals surface area contributed by atoms with Crippen LogP contribution in [-0.4, -0.2) is 30.8 Å². The average Bonchev–Trinajstić information content (AvgIpc) is 2.64. The van der Waals surface area contributed by atoms with Crippen molar-refractivity contribution in [3.63, 3.8) is 0 Å². The lowest BCUT2D eigenvalue weighted by Crippen LogP contribution is -2.46. The standard InChI is InChI=1S/C16H27ClO2/c17-15-5-3-1-2-4-14(15)13-6-9-19-16(12-13)7-10-18-11-8-16/h13-15H,1-12H2. The number of hydrogen-bond acceptors (Lipinski definition) is 2. The lowest BCUT2D eigenvalue weighted by Gasteiger charge is -2.46. The van der Waals surface area contributed by atoms with E-state index in [0.717, 1.165) is 44.5 Å². The van der Waals surface area contributed by atoms with Gasteiger partial charge >= 0.3 is 0 Å². The highest BCUT2D eigenvalue weighted by molar-refractivity contribution is 6.20. The van der Waals surface area contributed by atoms with Gasteiger partial charge in [0, 0.05) is 25.2 Å². The Balaban J connectivity index is 1.66. The zero-order valence-corrected chi connectivity index (χ0v) is 12.7. The van der Waals surface area contributed by atoms with Crippen molar-refractivity contribution < 1.29 is 9.47 Å². The summed E-state index contributed by atoms with van der Waals surface area (Å²) in [5.74, 6) is 1.51. The summed E-state index contributed by atoms with van der Waals surface area (Å²) >= 11 is 6.68. The van der Waals surface area contributed by atoms with Crippen LogP contribution in [0.1, 0.15) is 57.8 Å². The van der Waals surface area contributed by atoms with Crippen LogP contribution in [0.2, 0.25) is 0 Å². The Labute approximate surface area is 122 Å². The molecule has 2 nitrogen and oxygen atoms in total. The monoisotopic (exact) mass is 286 g/mol. The zero-order valence-electron chi connectivity index (χ0n) is 11.9. The van der Waals surface area contributed by atoms with Crippen LogP contribution < -0.4 is 0 Å². The molecule has 0 aromatic rings. The molecule has 110 valence electrons. The number of halogens is 1. The normalized spacial score (nSPS) is 39.9. The first-order chi connectivity index (χ1) is 9.29. The topological polar surface area (TPSA) is 18.5 Å². The molecule has 3 atom stereocenters. The van der Waals surface area contributed by atoms with Crippen molar-refractivity contribution in [2.24, 2.45) is 11.8 Å². The number of alkyl halides is 1. The lowest BCUT2D eigenvalue weighted by atomic mass is 9.73. The molecule has 1 spiro atoms. The van der Waals surface area contributed by atoms with Crippen molar-refractivity contribution >= 4 is 11.6 Å². The smallest absolute Gasteiger partial charge is 0.0729 e. The maximum absolute atomic E-state index is 6.68. The second kappa shape index (κ2) is 6.32. The van der Waals surface area contributed by atoms with E-state index in [1.165, 1.54) is 44.9 Å². The quantitative estimate of drug-likeness (QED) is 0.532. The molecule has 0 amide bonds. The van der Waals surface area contributed by atoms with Crippen LogP contribution in [0.5, 0.6) is 0 Å². The van der Waals surface area contributed by atoms with Gasteiger partial charge in [0.15, 0.2) is 0 Å². The van der Waals surface area contributed by atoms with Gasteiger partial charge in [-0.05, 0) is 50.4 Å². The third-order valence-corrected chi connectivity index (χ3v) is 6.06. The Hall–Kier alpha value is 0.210. The molecule has 2 saturated heterocycles. The zero-order chi connectivity index (χ0) is 13.1. The number of ether oxygens (including phenoxy) is 2. The van der Waals surface area contributed by atoms with E-state index in [9.17, 15) is 0 Å². The molecule has 1 saturated carbocycles. The molecule has 2 aliphatic heterocycles. The lowest BCUT2D eigenvalue weighted by molar-refractivity contribution is -0.153. The minimum absolute atomic E-state index is 0.129. The molecular weight excluding hydrogens is 260 g/mol. The van der Waals surface area contributed by atoms with Crippen molar-refractivity contribution in [1.82, 2.24) is 0 Å². The fourth-order valence-electron chi connectivity index (χ4n) is 4.35. The van der Waals surface area contributed by atoms with Crippen molar-refractivity contribution in [3.05, 3.63) is 0 Å². The second-order valence-corrected chi connectivity index (χ2v) is 7.28. The van der Waals surface area contributed by atoms with Crippen LogP contribution in [0.4, 0.5) is 0 Å². The summed E-state index contributed by atoms with van der Waals surface area (Å²) in [4.78, 5) is 0. The van der Waals surface area contributed by atoms with Gasteiger partial charge in [0.1, 0.15) is 0 Å². The van der Waals surface area contributed by atoms with Gasteiger partial charge in [-0.2, -0.15) is 0 Å². The molecule has 0 N–H and O–H groups in total. The van der Waals surface area contributed by atoms with E-state index >= 15 is 0 Å². The Morgan fingerprint density at radius 1 is 0.895 bits per heavy atom. The molecule has 1 aliphatic carbocycles. The molecule has 3 fully saturated rings. The molecule has 2 heterocycles. The van der Waals surface area contributed by atoms with Gasteiger partial charge in [-0.3, -0.25) is 0 Å². The average molecular weight is 287 g/mol. The highest BCUT2D eigenvalue weighted by Gasteiger charge is 2.42. The minimum Gasteiger partial charge on any atom is -0.381 e. The van der Waals surface area contributed by atoms with Crippen LogP contribution >= 0.6 is 11.6 Å². The van der Waals surface area contributed by atoms with E-state index in [4.69, 9.17) is 21.1 Å². The first kappa shape index (κ1) is 14.2. The first-order valence-corrected chi connectivity index (χ1v) is 8.59. The highest BCUT2D eigenvalue weighted by Crippen LogP contribution is 2.44. The Kier molecular flexibility index (Phi) is 4.71. The van der Waals surface area contributed by atoms with E-state index in [1.54, 1.807) is 0 Å². The SMILES string of the molecule is ClC1CCCCCC1C1CCOC2(CCOCC2)C1. The Morgan fingerprint density at radius 3 is 2.53 bits per heavy atom. The molecule has 0 aromatic heterocycles. The van der Waals surface area contributed by atoms with Crippen molar-refractivity contribution in [1.29, 1.82) is 0 Å². The Bertz CT molecular complexity index is 283. The summed E-state index contributed by atoms with van der Waals surface area (Å²) in [6.07, 6.45) is 11.3. The molecule has 19 heavy (non-hydrogen) atoms. The molecule has 0 radical (unpaired) electrons. The van der Waals surface area contributed by atoms with Crippen LogP contribution in [0, 0.1) is 11.8 Å². The van der Waals surface area contributed by atoms with E-state index in [0.29, 0.717) is 5.38 Å². The van der Waals surface area contributed by atoms with Crippen LogP contribution in [-0.2, 0) is 9.47 Å². The molecule has 0 bridgehead atoms. The van der Waals surface area contributed by atoms with E-state index in [2.05, 4.69) is 0 Å². The van der Waals surface area contributed by atoms with Gasteiger partial charge < -0.3 is 9.47 Å². The third kappa shape index (κ3) is 3.28. The molecule has 3 heteroatoms. The van der Waals surface area contributed by atoms with Crippen LogP contribution in [0.25, 0.3) is 0 Å². The number of rotatable bonds is 1. The molecule has 3 aliphatic rings. The predicted molar refractivity (Wildman–Crippen MR) is 77.7 cm³/mol. The molecule has 3 rings (SSSR count). The minimum atomic E-state index is 0.129. The summed E-state index contributed by atoms with van der Waals surface area (Å²) in [5.41, 5.74) is 0.129. The molecule has 0 aromatic carbocycles. The Morgan fingerprint density at radius 2 is 1.68 bits per heavy atom. The van der Waals surface area contributed by atoms with E-state index in [1.807, 2.05) is 0 Å². The van der Waals surface area contributed by atoms with Gasteiger partial charge in [0.05, 0.1) is 5.60 Å². The summed E-state index contributed by atoms with van der Waals surface area (Å²) < 4.78 is 11.7. The second-order valence-electron chi connectivity index (χ2n) is 6.71. The van der Waals surface area contributed by atoms with E-state index < -0.39 is 0 Å². The van der Waals surface area contributed by atoms with Crippen LogP contribution in [0.15, 0.2) is 0 Å². The fourth-order valence-corrected chi connectivity index (χ4v) is 4.83. The van der Waals surface area contributed by atoms with Gasteiger partial charge in [-0.25, -0.2) is 0 Å². The highest BCUT2D eigenvalue weighted by atomic mass is 35.5. The van der Waals surface area contributed by atoms with Gasteiger partial charge in [-0.1, -0.05) is 19.3 Å². The summed E-state index contributed by atoms with van der Waals surface area (Å²) in [6, 6.07) is 0. The number of hydrogen-bond donors (Lipinski definition) is 0. The van der Waals surface area contributed by atoms with Crippen molar-refractivity contribution in [3.8, 4) is 0 Å². The van der Waals surface area contributed by atoms with Gasteiger partial charge in [0.25, 0.3) is 0 Å². The first-order valence-electron chi connectivity index (χ1n) is 8.15. The van der Waals surface area contributed by atoms with Gasteiger partial charge in [-0.15, -0.1) is 11.6 Å². The van der Waals surface area contributed by atoms with Crippen molar-refractivity contribution in [2.45, 2.75) is 68.8 Å². The summed E-state index contributed by atoms with van der Waals surface area (Å²) in [6.45, 7) is 2.69. The van der Waals surface area contributed by atoms with Gasteiger partial charge in [0.2, 0.25) is 0 Å². The fraction of sp³-hybridized carbons (Fsp3) is 1.00. The van der Waals surface area contributed by atoms with Crippen molar-refractivity contribution in [2.75, 3.05) is 19.8 Å². The van der Waals surface area contributed by atoms with E-state index in [-0.39, 0.29) is 5.60 Å².